The highest BCUT2D eigenvalue weighted by molar-refractivity contribution is 5.78. The Labute approximate surface area is 300 Å². The summed E-state index contributed by atoms with van der Waals surface area (Å²) in [5.74, 6) is 9.36. The Morgan fingerprint density at radius 2 is 0.365 bits per heavy atom. The van der Waals surface area contributed by atoms with Gasteiger partial charge in [-0.05, 0) is 84.9 Å². The maximum absolute atomic E-state index is 5.30. The van der Waals surface area contributed by atoms with Crippen LogP contribution in [-0.2, 0) is 0 Å². The molecular formula is C39H33N13. The Balaban J connectivity index is 1.37. The normalized spacial score (nSPS) is 13.5. The minimum absolute atomic E-state index is 0.600. The Morgan fingerprint density at radius 3 is 0.558 bits per heavy atom. The van der Waals surface area contributed by atoms with Gasteiger partial charge in [0.15, 0.2) is 0 Å². The average molecular weight is 684 g/mol. The van der Waals surface area contributed by atoms with Crippen LogP contribution < -0.4 is 29.4 Å². The van der Waals surface area contributed by atoms with Crippen molar-refractivity contribution in [3.05, 3.63) is 127 Å². The number of nitrogens with zero attached hydrogens (tertiary/aromatic N) is 13. The largest absolute Gasteiger partial charge is 0.314 e. The van der Waals surface area contributed by atoms with Gasteiger partial charge in [-0.3, -0.25) is 9.80 Å². The van der Waals surface area contributed by atoms with Crippen molar-refractivity contribution >= 4 is 81.5 Å². The van der Waals surface area contributed by atoms with Crippen molar-refractivity contribution < 1.29 is 0 Å². The molecule has 0 radical (unpaired) electrons. The molecule has 0 aromatic carbocycles. The summed E-state index contributed by atoms with van der Waals surface area (Å²) in [5, 5.41) is 0. The first-order valence-corrected chi connectivity index (χ1v) is 16.8. The predicted molar refractivity (Wildman–Crippen MR) is 206 cm³/mol. The third kappa shape index (κ3) is 5.31. The Kier molecular flexibility index (Phi) is 7.31. The van der Waals surface area contributed by atoms with E-state index in [0.717, 1.165) is 23.3 Å². The summed E-state index contributed by atoms with van der Waals surface area (Å²) in [7, 11) is 7.83. The molecule has 13 heteroatoms. The first-order chi connectivity index (χ1) is 25.4. The van der Waals surface area contributed by atoms with E-state index in [-0.39, 0.29) is 0 Å². The number of aromatic nitrogens is 7. The van der Waals surface area contributed by atoms with Crippen LogP contribution in [0, 0.1) is 0 Å². The summed E-state index contributed by atoms with van der Waals surface area (Å²) in [4.78, 5) is 47.8. The van der Waals surface area contributed by atoms with E-state index in [1.807, 2.05) is 185 Å². The molecule has 0 N–H and O–H groups in total. The smallest absolute Gasteiger partial charge is 0.142 e. The summed E-state index contributed by atoms with van der Waals surface area (Å²) in [6.45, 7) is 0. The van der Waals surface area contributed by atoms with Crippen LogP contribution in [-0.4, -0.2) is 63.1 Å². The third-order valence-corrected chi connectivity index (χ3v) is 9.16. The van der Waals surface area contributed by atoms with Crippen LogP contribution in [0.5, 0.6) is 0 Å². The van der Waals surface area contributed by atoms with Crippen molar-refractivity contribution in [3.8, 4) is 0 Å². The van der Waals surface area contributed by atoms with Gasteiger partial charge in [0, 0.05) is 28.2 Å². The van der Waals surface area contributed by atoms with Gasteiger partial charge in [0.05, 0.1) is 0 Å². The molecule has 9 rings (SSSR count). The molecule has 7 aromatic rings. The minimum Gasteiger partial charge on any atom is -0.314 e. The van der Waals surface area contributed by atoms with E-state index in [1.54, 1.807) is 0 Å². The lowest BCUT2D eigenvalue weighted by Crippen LogP contribution is -2.22. The molecule has 254 valence electrons. The molecule has 7 aromatic heterocycles. The van der Waals surface area contributed by atoms with Crippen molar-refractivity contribution in [2.75, 3.05) is 57.6 Å². The predicted octanol–water partition coefficient (Wildman–Crippen LogP) is 8.09. The Morgan fingerprint density at radius 1 is 0.231 bits per heavy atom. The second-order valence-electron chi connectivity index (χ2n) is 12.4. The first-order valence-electron chi connectivity index (χ1n) is 16.8. The molecule has 0 fully saturated rings. The van der Waals surface area contributed by atoms with E-state index in [2.05, 4.69) is 0 Å². The standard InChI is InChI=1S/C39H33N13/c1-47-26-12-5-13-27(40-26)48(2)31-17-8-22-36(43-31)52-37-23-10-19-33(45-37)50(4)29-15-6-14-28(41-29)49(3)32-18-9-21-35(44-32)51(34-20-7-16-30(47)42-34)38-24-11-25-39(52)46-38/h5-25H,1-4H3. The number of anilines is 14. The SMILES string of the molecule is CN1c2cccc(n2)N(C)c2cccc(n2)N2c3cccc(n3)N(C)c3cccc(n3)N(C)c3cccc(n3)N(c3cccc1n3)c1cccc2n1. The van der Waals surface area contributed by atoms with Crippen LogP contribution in [0.4, 0.5) is 81.5 Å². The zero-order valence-electron chi connectivity index (χ0n) is 28.9. The molecule has 0 saturated carbocycles. The van der Waals surface area contributed by atoms with Gasteiger partial charge in [0.25, 0.3) is 0 Å². The Bertz CT molecular complexity index is 2150. The maximum atomic E-state index is 5.30. The Hall–Kier alpha value is -7.15. The second-order valence-corrected chi connectivity index (χ2v) is 12.4. The fraction of sp³-hybridized carbons (Fsp3) is 0.103. The molecule has 0 atom stereocenters. The van der Waals surface area contributed by atoms with Gasteiger partial charge in [-0.25, -0.2) is 34.9 Å². The van der Waals surface area contributed by atoms with Crippen LogP contribution in [0.1, 0.15) is 0 Å². The van der Waals surface area contributed by atoms with E-state index in [9.17, 15) is 0 Å². The molecule has 13 nitrogen and oxygen atoms in total. The molecular weight excluding hydrogens is 651 g/mol. The first kappa shape index (κ1) is 30.9. The molecule has 0 amide bonds. The van der Waals surface area contributed by atoms with E-state index in [4.69, 9.17) is 34.9 Å². The molecule has 52 heavy (non-hydrogen) atoms. The van der Waals surface area contributed by atoms with Gasteiger partial charge in [0.2, 0.25) is 0 Å². The highest BCUT2D eigenvalue weighted by Crippen LogP contribution is 2.39. The maximum Gasteiger partial charge on any atom is 0.142 e. The van der Waals surface area contributed by atoms with Crippen LogP contribution in [0.25, 0.3) is 0 Å². The quantitative estimate of drug-likeness (QED) is 0.154. The van der Waals surface area contributed by atoms with Crippen molar-refractivity contribution in [2.45, 2.75) is 0 Å². The van der Waals surface area contributed by atoms with Crippen LogP contribution in [0.2, 0.25) is 0 Å². The zero-order valence-corrected chi connectivity index (χ0v) is 28.9. The monoisotopic (exact) mass is 683 g/mol. The highest BCUT2D eigenvalue weighted by Gasteiger charge is 2.25. The van der Waals surface area contributed by atoms with Crippen LogP contribution in [0.3, 0.4) is 0 Å². The zero-order chi connectivity index (χ0) is 35.3. The molecule has 2 aliphatic heterocycles. The van der Waals surface area contributed by atoms with Gasteiger partial charge < -0.3 is 19.6 Å². The fourth-order valence-electron chi connectivity index (χ4n) is 6.30. The van der Waals surface area contributed by atoms with E-state index < -0.39 is 0 Å². The number of fused-ring (bicyclic) bond motifs is 16. The highest BCUT2D eigenvalue weighted by atomic mass is 15.4. The van der Waals surface area contributed by atoms with Gasteiger partial charge in [0.1, 0.15) is 81.5 Å². The summed E-state index contributed by atoms with van der Waals surface area (Å²) in [6, 6.07) is 41.3. The van der Waals surface area contributed by atoms with Gasteiger partial charge in [-0.2, -0.15) is 0 Å². The van der Waals surface area contributed by atoms with E-state index >= 15 is 0 Å². The minimum atomic E-state index is 0.600. The molecule has 16 bridgehead atoms. The average Bonchev–Trinajstić information content (AvgIpc) is 3.20. The van der Waals surface area contributed by atoms with Crippen molar-refractivity contribution in [3.63, 3.8) is 0 Å². The van der Waals surface area contributed by atoms with Crippen molar-refractivity contribution in [1.82, 2.24) is 34.9 Å². The van der Waals surface area contributed by atoms with Gasteiger partial charge in [-0.1, -0.05) is 42.5 Å². The van der Waals surface area contributed by atoms with E-state index in [1.165, 1.54) is 0 Å². The molecule has 0 unspecified atom stereocenters. The molecule has 0 aliphatic carbocycles. The third-order valence-electron chi connectivity index (χ3n) is 9.16. The number of rotatable bonds is 0. The van der Waals surface area contributed by atoms with Crippen LogP contribution in [0.15, 0.2) is 127 Å². The number of pyridine rings is 7. The lowest BCUT2D eigenvalue weighted by Gasteiger charge is -2.29. The second kappa shape index (κ2) is 12.3. The van der Waals surface area contributed by atoms with Crippen molar-refractivity contribution in [2.24, 2.45) is 0 Å². The van der Waals surface area contributed by atoms with Crippen LogP contribution >= 0.6 is 0 Å². The summed E-state index contributed by atoms with van der Waals surface area (Å²) in [6.07, 6.45) is 0. The van der Waals surface area contributed by atoms with Crippen molar-refractivity contribution in [1.29, 1.82) is 0 Å². The fourth-order valence-corrected chi connectivity index (χ4v) is 6.30. The topological polar surface area (TPSA) is 110 Å². The summed E-state index contributed by atoms with van der Waals surface area (Å²) >= 11 is 0. The summed E-state index contributed by atoms with van der Waals surface area (Å²) < 4.78 is 0. The molecule has 2 aliphatic rings. The van der Waals surface area contributed by atoms with Gasteiger partial charge in [-0.15, -0.1) is 0 Å². The summed E-state index contributed by atoms with van der Waals surface area (Å²) in [5.41, 5.74) is 0. The van der Waals surface area contributed by atoms with Gasteiger partial charge >= 0.3 is 0 Å². The molecule has 0 saturated heterocycles. The molecule has 0 spiro atoms. The number of hydrogen-bond donors (Lipinski definition) is 0. The lowest BCUT2D eigenvalue weighted by atomic mass is 10.3. The molecule has 9 heterocycles. The number of hydrogen-bond acceptors (Lipinski definition) is 13. The lowest BCUT2D eigenvalue weighted by molar-refractivity contribution is 0.991. The van der Waals surface area contributed by atoms with E-state index in [0.29, 0.717) is 58.2 Å².